The summed E-state index contributed by atoms with van der Waals surface area (Å²) >= 11 is 6.52. The fourth-order valence-corrected chi connectivity index (χ4v) is 4.34. The summed E-state index contributed by atoms with van der Waals surface area (Å²) in [5.74, 6) is 0.237. The highest BCUT2D eigenvalue weighted by Gasteiger charge is 2.32. The third-order valence-electron chi connectivity index (χ3n) is 4.73. The third kappa shape index (κ3) is 4.51. The van der Waals surface area contributed by atoms with Gasteiger partial charge in [-0.25, -0.2) is 4.39 Å². The van der Waals surface area contributed by atoms with E-state index in [0.717, 1.165) is 31.5 Å². The lowest BCUT2D eigenvalue weighted by Crippen LogP contribution is -2.40. The average molecular weight is 393 g/mol. The minimum atomic E-state index is -0.319. The molecular weight excluding hydrogens is 371 g/mol. The molecule has 0 unspecified atom stereocenters. The highest BCUT2D eigenvalue weighted by molar-refractivity contribution is 8.26. The number of thiocarbonyl (C=S) groups is 1. The van der Waals surface area contributed by atoms with Gasteiger partial charge in [0.15, 0.2) is 0 Å². The largest absolute Gasteiger partial charge is 0.343 e. The van der Waals surface area contributed by atoms with Crippen molar-refractivity contribution >= 4 is 46.2 Å². The molecule has 3 rings (SSSR count). The van der Waals surface area contributed by atoms with Gasteiger partial charge in [0, 0.05) is 26.1 Å². The molecule has 2 aliphatic rings. The molecule has 0 N–H and O–H groups in total. The van der Waals surface area contributed by atoms with E-state index in [1.807, 2.05) is 4.90 Å². The molecule has 0 radical (unpaired) electrons. The maximum atomic E-state index is 13.0. The van der Waals surface area contributed by atoms with E-state index in [4.69, 9.17) is 12.2 Å². The van der Waals surface area contributed by atoms with Crippen molar-refractivity contribution in [1.29, 1.82) is 0 Å². The third-order valence-corrected chi connectivity index (χ3v) is 6.10. The van der Waals surface area contributed by atoms with Crippen LogP contribution in [0.15, 0.2) is 29.2 Å². The van der Waals surface area contributed by atoms with Gasteiger partial charge < -0.3 is 4.90 Å². The van der Waals surface area contributed by atoms with Crippen LogP contribution < -0.4 is 0 Å². The van der Waals surface area contributed by atoms with Crippen molar-refractivity contribution < 1.29 is 14.0 Å². The number of halogens is 1. The van der Waals surface area contributed by atoms with E-state index in [1.165, 1.54) is 28.8 Å². The first-order valence-electron chi connectivity index (χ1n) is 8.73. The van der Waals surface area contributed by atoms with Crippen LogP contribution in [-0.4, -0.2) is 45.6 Å². The second kappa shape index (κ2) is 8.31. The Morgan fingerprint density at radius 2 is 1.96 bits per heavy atom. The van der Waals surface area contributed by atoms with Gasteiger partial charge in [0.05, 0.1) is 4.91 Å². The second-order valence-electron chi connectivity index (χ2n) is 6.70. The van der Waals surface area contributed by atoms with E-state index >= 15 is 0 Å². The number of carbonyl (C=O) groups excluding carboxylic acids is 2. The Morgan fingerprint density at radius 3 is 2.62 bits per heavy atom. The summed E-state index contributed by atoms with van der Waals surface area (Å²) in [6.45, 7) is 4.09. The van der Waals surface area contributed by atoms with Crippen LogP contribution in [-0.2, 0) is 9.59 Å². The molecule has 2 fully saturated rings. The molecule has 2 amide bonds. The zero-order chi connectivity index (χ0) is 18.7. The van der Waals surface area contributed by atoms with Gasteiger partial charge in [0.25, 0.3) is 5.91 Å². The lowest BCUT2D eigenvalue weighted by Gasteiger charge is -2.30. The number of hydrogen-bond acceptors (Lipinski definition) is 4. The van der Waals surface area contributed by atoms with E-state index in [0.29, 0.717) is 21.7 Å². The lowest BCUT2D eigenvalue weighted by molar-refractivity contribution is -0.133. The van der Waals surface area contributed by atoms with E-state index in [-0.39, 0.29) is 24.1 Å². The van der Waals surface area contributed by atoms with Crippen molar-refractivity contribution in [2.75, 3.05) is 19.6 Å². The molecular formula is C19H21FN2O2S2. The highest BCUT2D eigenvalue weighted by atomic mass is 32.2. The molecule has 2 saturated heterocycles. The first-order chi connectivity index (χ1) is 12.4. The fraction of sp³-hybridized carbons (Fsp3) is 0.421. The molecule has 138 valence electrons. The minimum Gasteiger partial charge on any atom is -0.343 e. The van der Waals surface area contributed by atoms with Gasteiger partial charge in [0.2, 0.25) is 5.91 Å². The second-order valence-corrected chi connectivity index (χ2v) is 8.37. The molecule has 0 aromatic heterocycles. The van der Waals surface area contributed by atoms with Crippen LogP contribution in [0.2, 0.25) is 0 Å². The van der Waals surface area contributed by atoms with Gasteiger partial charge in [-0.3, -0.25) is 14.5 Å². The van der Waals surface area contributed by atoms with Gasteiger partial charge >= 0.3 is 0 Å². The molecule has 26 heavy (non-hydrogen) atoms. The Labute approximate surface area is 162 Å². The minimum absolute atomic E-state index is 0.0773. The van der Waals surface area contributed by atoms with Gasteiger partial charge in [-0.15, -0.1) is 0 Å². The quantitative estimate of drug-likeness (QED) is 0.579. The predicted molar refractivity (Wildman–Crippen MR) is 106 cm³/mol. The molecule has 0 saturated carbocycles. The van der Waals surface area contributed by atoms with E-state index in [1.54, 1.807) is 18.2 Å². The van der Waals surface area contributed by atoms with Crippen LogP contribution >= 0.6 is 24.0 Å². The highest BCUT2D eigenvalue weighted by Crippen LogP contribution is 2.32. The van der Waals surface area contributed by atoms with Gasteiger partial charge in [-0.05, 0) is 42.5 Å². The summed E-state index contributed by atoms with van der Waals surface area (Å²) in [7, 11) is 0. The monoisotopic (exact) mass is 392 g/mol. The summed E-state index contributed by atoms with van der Waals surface area (Å²) in [6.07, 6.45) is 4.05. The Kier molecular flexibility index (Phi) is 6.09. The van der Waals surface area contributed by atoms with Crippen LogP contribution in [0.1, 0.15) is 31.7 Å². The van der Waals surface area contributed by atoms with Crippen LogP contribution in [0.5, 0.6) is 0 Å². The first-order valence-corrected chi connectivity index (χ1v) is 9.95. The molecule has 1 aromatic rings. The summed E-state index contributed by atoms with van der Waals surface area (Å²) in [6, 6.07) is 5.93. The number of amides is 2. The molecule has 0 aliphatic carbocycles. The normalized spacial score (nSPS) is 20.3. The zero-order valence-electron chi connectivity index (χ0n) is 14.6. The fourth-order valence-electron chi connectivity index (χ4n) is 3.03. The number of piperidine rings is 1. The molecule has 4 nitrogen and oxygen atoms in total. The summed E-state index contributed by atoms with van der Waals surface area (Å²) in [5.41, 5.74) is 0.741. The van der Waals surface area contributed by atoms with Crippen molar-refractivity contribution in [1.82, 2.24) is 9.80 Å². The van der Waals surface area contributed by atoms with Gasteiger partial charge in [0.1, 0.15) is 10.1 Å². The number of rotatable bonds is 4. The predicted octanol–water partition coefficient (Wildman–Crippen LogP) is 3.68. The SMILES string of the molecule is CC1CCN(C(=O)CCN2C(=O)C(=Cc3ccc(F)cc3)SC2=S)CC1. The Morgan fingerprint density at radius 1 is 1.31 bits per heavy atom. The van der Waals surface area contributed by atoms with Crippen molar-refractivity contribution in [3.05, 3.63) is 40.6 Å². The number of nitrogens with zero attached hydrogens (tertiary/aromatic N) is 2. The summed E-state index contributed by atoms with van der Waals surface area (Å²) < 4.78 is 13.5. The summed E-state index contributed by atoms with van der Waals surface area (Å²) in [5, 5.41) is 0. The van der Waals surface area contributed by atoms with Gasteiger partial charge in [-0.2, -0.15) is 0 Å². The number of thioether (sulfide) groups is 1. The number of benzene rings is 1. The number of hydrogen-bond donors (Lipinski definition) is 0. The standard InChI is InChI=1S/C19H21FN2O2S2/c1-13-6-9-21(10-7-13)17(23)8-11-22-18(24)16(26-19(22)25)12-14-2-4-15(20)5-3-14/h2-5,12-13H,6-11H2,1H3. The molecule has 0 spiro atoms. The maximum Gasteiger partial charge on any atom is 0.266 e. The van der Waals surface area contributed by atoms with Crippen LogP contribution in [0, 0.1) is 11.7 Å². The lowest BCUT2D eigenvalue weighted by atomic mass is 9.99. The number of carbonyl (C=O) groups is 2. The van der Waals surface area contributed by atoms with E-state index < -0.39 is 0 Å². The van der Waals surface area contributed by atoms with Crippen molar-refractivity contribution in [2.24, 2.45) is 5.92 Å². The van der Waals surface area contributed by atoms with E-state index in [2.05, 4.69) is 6.92 Å². The molecule has 2 heterocycles. The van der Waals surface area contributed by atoms with Crippen LogP contribution in [0.25, 0.3) is 6.08 Å². The van der Waals surface area contributed by atoms with Crippen molar-refractivity contribution in [3.8, 4) is 0 Å². The molecule has 0 atom stereocenters. The summed E-state index contributed by atoms with van der Waals surface area (Å²) in [4.78, 5) is 28.8. The maximum absolute atomic E-state index is 13.0. The van der Waals surface area contributed by atoms with Crippen LogP contribution in [0.3, 0.4) is 0 Å². The Bertz CT molecular complexity index is 740. The Hall–Kier alpha value is -1.73. The molecule has 0 bridgehead atoms. The van der Waals surface area contributed by atoms with Gasteiger partial charge in [-0.1, -0.05) is 43.0 Å². The molecule has 1 aromatic carbocycles. The van der Waals surface area contributed by atoms with Crippen molar-refractivity contribution in [2.45, 2.75) is 26.2 Å². The van der Waals surface area contributed by atoms with E-state index in [9.17, 15) is 14.0 Å². The molecule has 2 aliphatic heterocycles. The Balaban J connectivity index is 1.59. The van der Waals surface area contributed by atoms with Crippen molar-refractivity contribution in [3.63, 3.8) is 0 Å². The van der Waals surface area contributed by atoms with Crippen LogP contribution in [0.4, 0.5) is 4.39 Å². The zero-order valence-corrected chi connectivity index (χ0v) is 16.2. The number of likely N-dealkylation sites (tertiary alicyclic amines) is 1. The smallest absolute Gasteiger partial charge is 0.266 e. The average Bonchev–Trinajstić information content (AvgIpc) is 2.89. The first kappa shape index (κ1) is 19.0. The molecule has 7 heteroatoms. The topological polar surface area (TPSA) is 40.6 Å².